The molecule has 3 rings (SSSR count). The summed E-state index contributed by atoms with van der Waals surface area (Å²) in [5, 5.41) is 2.77. The van der Waals surface area contributed by atoms with Crippen LogP contribution in [-0.4, -0.2) is 92.2 Å². The highest BCUT2D eigenvalue weighted by Crippen LogP contribution is 2.22. The Labute approximate surface area is 176 Å². The predicted molar refractivity (Wildman–Crippen MR) is 114 cm³/mol. The van der Waals surface area contributed by atoms with Crippen LogP contribution in [0.25, 0.3) is 0 Å². The van der Waals surface area contributed by atoms with Crippen LogP contribution in [0, 0.1) is 0 Å². The van der Waals surface area contributed by atoms with E-state index in [1.54, 1.807) is 12.1 Å². The SMILES string of the molecule is CN(C)S(=O)(=O)c1cccc(NC(=O)CN2CCCC2C(=O)N2CCSCC2)c1. The highest BCUT2D eigenvalue weighted by Gasteiger charge is 2.35. The normalized spacial score (nSPS) is 20.8. The molecule has 10 heteroatoms. The number of sulfonamides is 1. The highest BCUT2D eigenvalue weighted by atomic mass is 32.2. The summed E-state index contributed by atoms with van der Waals surface area (Å²) < 4.78 is 25.7. The van der Waals surface area contributed by atoms with E-state index in [0.29, 0.717) is 12.2 Å². The van der Waals surface area contributed by atoms with Gasteiger partial charge in [-0.25, -0.2) is 12.7 Å². The lowest BCUT2D eigenvalue weighted by Gasteiger charge is -2.32. The van der Waals surface area contributed by atoms with Crippen molar-refractivity contribution in [2.24, 2.45) is 0 Å². The molecule has 0 saturated carbocycles. The van der Waals surface area contributed by atoms with Crippen molar-refractivity contribution in [3.63, 3.8) is 0 Å². The fraction of sp³-hybridized carbons (Fsp3) is 0.579. The van der Waals surface area contributed by atoms with Crippen LogP contribution >= 0.6 is 11.8 Å². The minimum absolute atomic E-state index is 0.115. The Kier molecular flexibility index (Phi) is 7.20. The van der Waals surface area contributed by atoms with Gasteiger partial charge in [0, 0.05) is 44.4 Å². The van der Waals surface area contributed by atoms with Gasteiger partial charge in [-0.3, -0.25) is 14.5 Å². The highest BCUT2D eigenvalue weighted by molar-refractivity contribution is 7.99. The van der Waals surface area contributed by atoms with Crippen molar-refractivity contribution in [1.29, 1.82) is 0 Å². The molecular weight excluding hydrogens is 412 g/mol. The molecule has 0 radical (unpaired) electrons. The average molecular weight is 441 g/mol. The molecule has 2 aliphatic rings. The van der Waals surface area contributed by atoms with Crippen LogP contribution in [-0.2, 0) is 19.6 Å². The molecule has 29 heavy (non-hydrogen) atoms. The van der Waals surface area contributed by atoms with Crippen molar-refractivity contribution in [3.8, 4) is 0 Å². The lowest BCUT2D eigenvalue weighted by atomic mass is 10.2. The van der Waals surface area contributed by atoms with E-state index in [1.165, 1.54) is 26.2 Å². The average Bonchev–Trinajstić information content (AvgIpc) is 3.16. The number of hydrogen-bond acceptors (Lipinski definition) is 6. The van der Waals surface area contributed by atoms with E-state index >= 15 is 0 Å². The van der Waals surface area contributed by atoms with Crippen molar-refractivity contribution >= 4 is 39.3 Å². The molecule has 2 fully saturated rings. The molecule has 0 aromatic heterocycles. The van der Waals surface area contributed by atoms with Crippen molar-refractivity contribution in [2.45, 2.75) is 23.8 Å². The first-order chi connectivity index (χ1) is 13.8. The molecule has 1 unspecified atom stereocenters. The smallest absolute Gasteiger partial charge is 0.242 e. The summed E-state index contributed by atoms with van der Waals surface area (Å²) in [6.07, 6.45) is 1.66. The lowest BCUT2D eigenvalue weighted by Crippen LogP contribution is -2.49. The van der Waals surface area contributed by atoms with Crippen molar-refractivity contribution in [2.75, 3.05) is 57.1 Å². The standard InChI is InChI=1S/C19H28N4O4S2/c1-21(2)29(26,27)16-6-3-5-15(13-16)20-18(24)14-23-8-4-7-17(23)19(25)22-9-11-28-12-10-22/h3,5-6,13,17H,4,7-12,14H2,1-2H3,(H,20,24). The lowest BCUT2D eigenvalue weighted by molar-refractivity contribution is -0.136. The van der Waals surface area contributed by atoms with Crippen LogP contribution in [0.4, 0.5) is 5.69 Å². The Morgan fingerprint density at radius 1 is 1.21 bits per heavy atom. The second kappa shape index (κ2) is 9.46. The topological polar surface area (TPSA) is 90.0 Å². The monoisotopic (exact) mass is 440 g/mol. The van der Waals surface area contributed by atoms with E-state index in [9.17, 15) is 18.0 Å². The molecule has 1 N–H and O–H groups in total. The van der Waals surface area contributed by atoms with Gasteiger partial charge in [0.25, 0.3) is 0 Å². The first-order valence-electron chi connectivity index (χ1n) is 9.72. The summed E-state index contributed by atoms with van der Waals surface area (Å²) in [6, 6.07) is 5.96. The number of carbonyl (C=O) groups is 2. The van der Waals surface area contributed by atoms with Crippen molar-refractivity contribution in [3.05, 3.63) is 24.3 Å². The molecule has 0 aliphatic carbocycles. The Morgan fingerprint density at radius 3 is 2.62 bits per heavy atom. The number of benzene rings is 1. The minimum Gasteiger partial charge on any atom is -0.340 e. The van der Waals surface area contributed by atoms with Crippen LogP contribution in [0.2, 0.25) is 0 Å². The van der Waals surface area contributed by atoms with Crippen LogP contribution < -0.4 is 5.32 Å². The van der Waals surface area contributed by atoms with E-state index in [4.69, 9.17) is 0 Å². The Balaban J connectivity index is 1.62. The van der Waals surface area contributed by atoms with Gasteiger partial charge in [-0.2, -0.15) is 11.8 Å². The summed E-state index contributed by atoms with van der Waals surface area (Å²) in [7, 11) is -0.641. The molecular formula is C19H28N4O4S2. The summed E-state index contributed by atoms with van der Waals surface area (Å²) in [6.45, 7) is 2.37. The number of carbonyl (C=O) groups excluding carboxylic acids is 2. The third kappa shape index (κ3) is 5.30. The molecule has 2 aliphatic heterocycles. The van der Waals surface area contributed by atoms with Gasteiger partial charge < -0.3 is 10.2 Å². The zero-order valence-corrected chi connectivity index (χ0v) is 18.5. The van der Waals surface area contributed by atoms with Crippen molar-refractivity contribution in [1.82, 2.24) is 14.1 Å². The molecule has 1 atom stereocenters. The van der Waals surface area contributed by atoms with Gasteiger partial charge in [-0.15, -0.1) is 0 Å². The summed E-state index contributed by atoms with van der Waals surface area (Å²) in [5.41, 5.74) is 0.424. The number of nitrogens with one attached hydrogen (secondary N) is 1. The minimum atomic E-state index is -3.57. The van der Waals surface area contributed by atoms with Crippen LogP contribution in [0.15, 0.2) is 29.2 Å². The summed E-state index contributed by atoms with van der Waals surface area (Å²) in [4.78, 5) is 29.4. The molecule has 2 amide bonds. The molecule has 2 saturated heterocycles. The van der Waals surface area contributed by atoms with Crippen LogP contribution in [0.1, 0.15) is 12.8 Å². The summed E-state index contributed by atoms with van der Waals surface area (Å²) in [5.74, 6) is 1.80. The van der Waals surface area contributed by atoms with Gasteiger partial charge in [0.05, 0.1) is 17.5 Å². The van der Waals surface area contributed by atoms with Crippen LogP contribution in [0.3, 0.4) is 0 Å². The maximum atomic E-state index is 12.8. The number of rotatable bonds is 6. The Morgan fingerprint density at radius 2 is 1.93 bits per heavy atom. The van der Waals surface area contributed by atoms with E-state index in [-0.39, 0.29) is 29.3 Å². The predicted octanol–water partition coefficient (Wildman–Crippen LogP) is 0.915. The maximum absolute atomic E-state index is 12.8. The van der Waals surface area contributed by atoms with Crippen LogP contribution in [0.5, 0.6) is 0 Å². The molecule has 1 aromatic carbocycles. The molecule has 1 aromatic rings. The third-order valence-electron chi connectivity index (χ3n) is 5.21. The molecule has 2 heterocycles. The quantitative estimate of drug-likeness (QED) is 0.707. The van der Waals surface area contributed by atoms with E-state index in [0.717, 1.165) is 41.7 Å². The number of amides is 2. The first kappa shape index (κ1) is 22.1. The number of anilines is 1. The second-order valence-electron chi connectivity index (χ2n) is 7.43. The largest absolute Gasteiger partial charge is 0.340 e. The third-order valence-corrected chi connectivity index (χ3v) is 7.97. The Hall–Kier alpha value is -1.62. The van der Waals surface area contributed by atoms with Gasteiger partial charge in [-0.05, 0) is 37.6 Å². The zero-order chi connectivity index (χ0) is 21.0. The first-order valence-corrected chi connectivity index (χ1v) is 12.3. The number of nitrogens with zero attached hydrogens (tertiary/aromatic N) is 3. The van der Waals surface area contributed by atoms with E-state index in [2.05, 4.69) is 5.32 Å². The fourth-order valence-electron chi connectivity index (χ4n) is 3.62. The Bertz CT molecular complexity index is 854. The number of likely N-dealkylation sites (tertiary alicyclic amines) is 1. The second-order valence-corrected chi connectivity index (χ2v) is 10.8. The summed E-state index contributed by atoms with van der Waals surface area (Å²) >= 11 is 1.86. The molecule has 8 nitrogen and oxygen atoms in total. The van der Waals surface area contributed by atoms with Gasteiger partial charge in [0.2, 0.25) is 21.8 Å². The molecule has 0 spiro atoms. The fourth-order valence-corrected chi connectivity index (χ4v) is 5.47. The van der Waals surface area contributed by atoms with E-state index < -0.39 is 10.0 Å². The molecule has 160 valence electrons. The maximum Gasteiger partial charge on any atom is 0.242 e. The van der Waals surface area contributed by atoms with Gasteiger partial charge in [-0.1, -0.05) is 6.07 Å². The number of thioether (sulfide) groups is 1. The van der Waals surface area contributed by atoms with Gasteiger partial charge >= 0.3 is 0 Å². The van der Waals surface area contributed by atoms with Gasteiger partial charge in [0.15, 0.2) is 0 Å². The van der Waals surface area contributed by atoms with Crippen molar-refractivity contribution < 1.29 is 18.0 Å². The van der Waals surface area contributed by atoms with E-state index in [1.807, 2.05) is 21.6 Å². The molecule has 0 bridgehead atoms. The number of hydrogen-bond donors (Lipinski definition) is 1. The zero-order valence-electron chi connectivity index (χ0n) is 16.8. The van der Waals surface area contributed by atoms with Gasteiger partial charge in [0.1, 0.15) is 0 Å².